The summed E-state index contributed by atoms with van der Waals surface area (Å²) < 4.78 is 2.31. The van der Waals surface area contributed by atoms with Gasteiger partial charge in [0.25, 0.3) is 0 Å². The number of hydrogen-bond donors (Lipinski definition) is 0. The van der Waals surface area contributed by atoms with Gasteiger partial charge in [0.1, 0.15) is 5.49 Å². The molecule has 5 rings (SSSR count). The lowest BCUT2D eigenvalue weighted by Gasteiger charge is -2.13. The molecule has 0 radical (unpaired) electrons. The summed E-state index contributed by atoms with van der Waals surface area (Å²) in [4.78, 5) is 4.92. The first-order valence-corrected chi connectivity index (χ1v) is 11.7. The third-order valence-corrected chi connectivity index (χ3v) is 6.38. The van der Waals surface area contributed by atoms with E-state index in [9.17, 15) is 0 Å². The van der Waals surface area contributed by atoms with Gasteiger partial charge in [-0.15, -0.1) is 0 Å². The van der Waals surface area contributed by atoms with Crippen molar-refractivity contribution in [1.82, 2.24) is 4.57 Å². The Bertz CT molecular complexity index is 1360. The summed E-state index contributed by atoms with van der Waals surface area (Å²) in [5.74, 6) is 0.791. The Hall–Kier alpha value is -3.39. The number of hydrogen-bond acceptors (Lipinski definition) is 1. The molecule has 2 unspecified atom stereocenters. The van der Waals surface area contributed by atoms with Gasteiger partial charge in [0, 0.05) is 22.8 Å². The zero-order valence-electron chi connectivity index (χ0n) is 18.9. The molecule has 2 heterocycles. The van der Waals surface area contributed by atoms with Crippen molar-refractivity contribution >= 4 is 22.6 Å². The number of fused-ring (bicyclic) bond motifs is 3. The van der Waals surface area contributed by atoms with Gasteiger partial charge in [-0.25, -0.2) is 0 Å². The summed E-state index contributed by atoms with van der Waals surface area (Å²) in [6.45, 7) is 5.38. The lowest BCUT2D eigenvalue weighted by atomic mass is 9.91. The van der Waals surface area contributed by atoms with Crippen molar-refractivity contribution in [1.29, 1.82) is 0 Å². The van der Waals surface area contributed by atoms with E-state index in [1.165, 1.54) is 32.9 Å². The van der Waals surface area contributed by atoms with Gasteiger partial charge in [0.05, 0.1) is 5.52 Å². The molecule has 0 saturated carbocycles. The summed E-state index contributed by atoms with van der Waals surface area (Å²) >= 11 is 0. The minimum absolute atomic E-state index is 0.347. The van der Waals surface area contributed by atoms with Crippen molar-refractivity contribution in [3.63, 3.8) is 0 Å². The van der Waals surface area contributed by atoms with Crippen molar-refractivity contribution in [2.75, 3.05) is 6.54 Å². The average Bonchev–Trinajstić information content (AvgIpc) is 3.14. The molecule has 1 aromatic heterocycles. The second-order valence-corrected chi connectivity index (χ2v) is 8.76. The second-order valence-electron chi connectivity index (χ2n) is 8.76. The average molecular weight is 419 g/mol. The maximum Gasteiger partial charge on any atom is 0.140 e. The Morgan fingerprint density at radius 2 is 1.78 bits per heavy atom. The third kappa shape index (κ3) is 3.93. The van der Waals surface area contributed by atoms with E-state index < -0.39 is 0 Å². The van der Waals surface area contributed by atoms with Gasteiger partial charge in [0.2, 0.25) is 0 Å². The Balaban J connectivity index is 1.69. The second kappa shape index (κ2) is 9.00. The van der Waals surface area contributed by atoms with Crippen LogP contribution in [0.25, 0.3) is 28.2 Å². The number of aromatic nitrogens is 1. The highest BCUT2D eigenvalue weighted by atomic mass is 15.0. The van der Waals surface area contributed by atoms with E-state index >= 15 is 0 Å². The van der Waals surface area contributed by atoms with Crippen LogP contribution in [-0.2, 0) is 0 Å². The van der Waals surface area contributed by atoms with Crippen molar-refractivity contribution in [3.8, 4) is 5.69 Å². The topological polar surface area (TPSA) is 17.3 Å². The molecule has 0 bridgehead atoms. The Kier molecular flexibility index (Phi) is 5.77. The van der Waals surface area contributed by atoms with Crippen molar-refractivity contribution in [2.45, 2.75) is 26.7 Å². The molecular formula is C30H30N2. The van der Waals surface area contributed by atoms with Gasteiger partial charge in [-0.2, -0.15) is 0 Å². The van der Waals surface area contributed by atoms with Crippen LogP contribution in [0.3, 0.4) is 0 Å². The normalized spacial score (nSPS) is 25.4. The van der Waals surface area contributed by atoms with Crippen LogP contribution in [0.2, 0.25) is 0 Å². The molecule has 0 saturated heterocycles. The predicted molar refractivity (Wildman–Crippen MR) is 136 cm³/mol. The first-order chi connectivity index (χ1) is 15.7. The predicted octanol–water partition coefficient (Wildman–Crippen LogP) is 6.16. The van der Waals surface area contributed by atoms with Crippen LogP contribution in [0.15, 0.2) is 96.1 Å². The number of para-hydroxylation sites is 1. The van der Waals surface area contributed by atoms with E-state index in [4.69, 9.17) is 4.99 Å². The number of benzene rings is 2. The van der Waals surface area contributed by atoms with Crippen molar-refractivity contribution < 1.29 is 0 Å². The maximum absolute atomic E-state index is 4.92. The summed E-state index contributed by atoms with van der Waals surface area (Å²) in [6, 6.07) is 17.5. The molecule has 1 aliphatic carbocycles. The van der Waals surface area contributed by atoms with Gasteiger partial charge in [-0.3, -0.25) is 9.56 Å². The number of nitrogens with zero attached hydrogens (tertiary/aromatic N) is 2. The molecule has 0 amide bonds. The first kappa shape index (κ1) is 20.5. The summed E-state index contributed by atoms with van der Waals surface area (Å²) in [7, 11) is 0. The summed E-state index contributed by atoms with van der Waals surface area (Å²) in [5.41, 5.74) is 6.11. The highest BCUT2D eigenvalue weighted by Crippen LogP contribution is 2.28. The van der Waals surface area contributed by atoms with Crippen LogP contribution in [0.4, 0.5) is 0 Å². The third-order valence-electron chi connectivity index (χ3n) is 6.38. The van der Waals surface area contributed by atoms with Gasteiger partial charge in [-0.05, 0) is 60.1 Å². The SMILES string of the molecule is CC1/C=C\C=C(\c2ccc3c(c2)c2c(n3-c3ccccc3)=NCCC=2)C(C)/C=C\C/C=C\1. The number of rotatable bonds is 2. The first-order valence-electron chi connectivity index (χ1n) is 11.7. The molecule has 0 N–H and O–H groups in total. The van der Waals surface area contributed by atoms with E-state index in [0.29, 0.717) is 11.8 Å². The van der Waals surface area contributed by atoms with Crippen LogP contribution in [0.1, 0.15) is 32.3 Å². The zero-order valence-corrected chi connectivity index (χ0v) is 18.9. The lowest BCUT2D eigenvalue weighted by Crippen LogP contribution is -2.31. The molecule has 32 heavy (non-hydrogen) atoms. The Labute approximate surface area is 190 Å². The van der Waals surface area contributed by atoms with Crippen LogP contribution in [-0.4, -0.2) is 11.1 Å². The quantitative estimate of drug-likeness (QED) is 0.443. The fraction of sp³-hybridized carbons (Fsp3) is 0.233. The zero-order chi connectivity index (χ0) is 21.9. The minimum Gasteiger partial charge on any atom is -0.294 e. The largest absolute Gasteiger partial charge is 0.294 e. The van der Waals surface area contributed by atoms with E-state index in [0.717, 1.165) is 24.9 Å². The fourth-order valence-corrected chi connectivity index (χ4v) is 4.72. The van der Waals surface area contributed by atoms with Gasteiger partial charge in [0.15, 0.2) is 0 Å². The van der Waals surface area contributed by atoms with Crippen LogP contribution in [0.5, 0.6) is 0 Å². The van der Waals surface area contributed by atoms with Gasteiger partial charge in [-0.1, -0.05) is 86.7 Å². The monoisotopic (exact) mass is 418 g/mol. The summed E-state index contributed by atoms with van der Waals surface area (Å²) in [5, 5.41) is 2.56. The van der Waals surface area contributed by atoms with E-state index in [-0.39, 0.29) is 0 Å². The Morgan fingerprint density at radius 3 is 2.66 bits per heavy atom. The minimum atomic E-state index is 0.347. The van der Waals surface area contributed by atoms with E-state index in [2.05, 4.69) is 116 Å². The number of allylic oxidation sites excluding steroid dienone is 8. The highest BCUT2D eigenvalue weighted by molar-refractivity contribution is 5.87. The summed E-state index contributed by atoms with van der Waals surface area (Å²) in [6.07, 6.45) is 20.3. The van der Waals surface area contributed by atoms with E-state index in [1.807, 2.05) is 0 Å². The smallest absolute Gasteiger partial charge is 0.140 e. The Morgan fingerprint density at radius 1 is 0.938 bits per heavy atom. The molecule has 1 aliphatic heterocycles. The lowest BCUT2D eigenvalue weighted by molar-refractivity contribution is 0.891. The van der Waals surface area contributed by atoms with Gasteiger partial charge >= 0.3 is 0 Å². The standard InChI is InChI=1S/C30H30N2/c1-22-11-5-3-6-13-23(2)26(16-9-12-22)24-18-19-29-28(21-24)27-17-10-20-31-30(27)32(29)25-14-7-4-8-15-25/h4-9,11-19,21-23H,3,10,20H2,1-2H3/b11-5-,12-9-,13-6-,26-16+. The maximum atomic E-state index is 4.92. The van der Waals surface area contributed by atoms with Crippen LogP contribution < -0.4 is 10.7 Å². The molecular weight excluding hydrogens is 388 g/mol. The van der Waals surface area contributed by atoms with Crippen molar-refractivity contribution in [3.05, 3.63) is 107 Å². The fourth-order valence-electron chi connectivity index (χ4n) is 4.72. The van der Waals surface area contributed by atoms with E-state index in [1.54, 1.807) is 0 Å². The van der Waals surface area contributed by atoms with Crippen LogP contribution >= 0.6 is 0 Å². The molecule has 3 aromatic rings. The molecule has 2 aromatic carbocycles. The molecule has 2 aliphatic rings. The molecule has 0 spiro atoms. The highest BCUT2D eigenvalue weighted by Gasteiger charge is 2.15. The molecule has 2 heteroatoms. The van der Waals surface area contributed by atoms with Crippen molar-refractivity contribution in [2.24, 2.45) is 16.8 Å². The molecule has 160 valence electrons. The van der Waals surface area contributed by atoms with Gasteiger partial charge < -0.3 is 0 Å². The van der Waals surface area contributed by atoms with Crippen LogP contribution in [0, 0.1) is 11.8 Å². The molecule has 2 nitrogen and oxygen atoms in total. The molecule has 0 fully saturated rings. The molecule has 2 atom stereocenters.